The summed E-state index contributed by atoms with van der Waals surface area (Å²) in [5, 5.41) is 7.51. The third kappa shape index (κ3) is 4.46. The molecule has 0 aliphatic heterocycles. The van der Waals surface area contributed by atoms with Gasteiger partial charge in [-0.2, -0.15) is 0 Å². The van der Waals surface area contributed by atoms with Crippen molar-refractivity contribution in [3.63, 3.8) is 0 Å². The summed E-state index contributed by atoms with van der Waals surface area (Å²) >= 11 is 5.20. The molecule has 1 unspecified atom stereocenters. The van der Waals surface area contributed by atoms with E-state index in [-0.39, 0.29) is 0 Å². The van der Waals surface area contributed by atoms with Crippen LogP contribution >= 0.6 is 12.2 Å². The van der Waals surface area contributed by atoms with Gasteiger partial charge in [0.25, 0.3) is 0 Å². The second-order valence-corrected chi connectivity index (χ2v) is 4.19. The number of thiocarbonyl (C=S) groups is 1. The summed E-state index contributed by atoms with van der Waals surface area (Å²) in [7, 11) is 0. The molecule has 1 aliphatic rings. The molecular weight excluding hydrogens is 180 g/mol. The highest BCUT2D eigenvalue weighted by Crippen LogP contribution is 2.18. The molecule has 0 saturated heterocycles. The predicted octanol–water partition coefficient (Wildman–Crippen LogP) is 2.19. The van der Waals surface area contributed by atoms with Crippen LogP contribution in [-0.2, 0) is 0 Å². The largest absolute Gasteiger partial charge is 0.360 e. The molecule has 2 nitrogen and oxygen atoms in total. The van der Waals surface area contributed by atoms with Gasteiger partial charge >= 0.3 is 0 Å². The maximum Gasteiger partial charge on any atom is 0.166 e. The van der Waals surface area contributed by atoms with Gasteiger partial charge in [-0.05, 0) is 37.9 Å². The zero-order chi connectivity index (χ0) is 9.68. The van der Waals surface area contributed by atoms with E-state index in [0.717, 1.165) is 11.5 Å². The van der Waals surface area contributed by atoms with Crippen molar-refractivity contribution in [2.24, 2.45) is 0 Å². The Kier molecular flexibility index (Phi) is 4.50. The molecule has 3 heteroatoms. The summed E-state index contributed by atoms with van der Waals surface area (Å²) in [6.45, 7) is 4.41. The molecular formula is C10H20N2S. The molecule has 1 saturated carbocycles. The predicted molar refractivity (Wildman–Crippen MR) is 60.9 cm³/mol. The minimum Gasteiger partial charge on any atom is -0.360 e. The quantitative estimate of drug-likeness (QED) is 0.665. The Hall–Kier alpha value is -0.310. The van der Waals surface area contributed by atoms with Crippen LogP contribution in [0.5, 0.6) is 0 Å². The number of hydrogen-bond acceptors (Lipinski definition) is 1. The molecule has 1 rings (SSSR count). The fourth-order valence-electron chi connectivity index (χ4n) is 1.37. The molecule has 0 radical (unpaired) electrons. The highest BCUT2D eigenvalue weighted by atomic mass is 32.1. The van der Waals surface area contributed by atoms with E-state index in [4.69, 9.17) is 12.2 Å². The summed E-state index contributed by atoms with van der Waals surface area (Å²) in [6, 6.07) is 1.22. The van der Waals surface area contributed by atoms with Crippen molar-refractivity contribution >= 4 is 17.3 Å². The topological polar surface area (TPSA) is 24.1 Å². The van der Waals surface area contributed by atoms with E-state index in [1.807, 2.05) is 0 Å². The third-order valence-corrected chi connectivity index (χ3v) is 2.61. The molecule has 0 amide bonds. The molecule has 1 atom stereocenters. The lowest BCUT2D eigenvalue weighted by atomic mass is 10.1. The maximum absolute atomic E-state index is 5.20. The Morgan fingerprint density at radius 2 is 2.15 bits per heavy atom. The summed E-state index contributed by atoms with van der Waals surface area (Å²) < 4.78 is 0. The van der Waals surface area contributed by atoms with E-state index in [9.17, 15) is 0 Å². The van der Waals surface area contributed by atoms with E-state index >= 15 is 0 Å². The monoisotopic (exact) mass is 200 g/mol. The normalized spacial score (nSPS) is 18.0. The van der Waals surface area contributed by atoms with Gasteiger partial charge in [0.1, 0.15) is 0 Å². The van der Waals surface area contributed by atoms with Crippen molar-refractivity contribution in [2.45, 2.75) is 58.0 Å². The lowest BCUT2D eigenvalue weighted by Gasteiger charge is -2.18. The average Bonchev–Trinajstić information content (AvgIpc) is 2.87. The second kappa shape index (κ2) is 5.43. The van der Waals surface area contributed by atoms with Crippen LogP contribution in [0.15, 0.2) is 0 Å². The first-order valence-electron chi connectivity index (χ1n) is 5.33. The van der Waals surface area contributed by atoms with Crippen LogP contribution in [-0.4, -0.2) is 17.2 Å². The van der Waals surface area contributed by atoms with Crippen LogP contribution in [0.2, 0.25) is 0 Å². The standard InChI is InChI=1S/C10H20N2S/c1-3-5-8(4-2)11-10(13)12-9-6-7-9/h8-9H,3-7H2,1-2H3,(H2,11,12,13). The fourth-order valence-corrected chi connectivity index (χ4v) is 1.70. The van der Waals surface area contributed by atoms with E-state index in [2.05, 4.69) is 24.5 Å². The highest BCUT2D eigenvalue weighted by molar-refractivity contribution is 7.80. The van der Waals surface area contributed by atoms with Crippen molar-refractivity contribution in [3.8, 4) is 0 Å². The molecule has 0 aromatic heterocycles. The van der Waals surface area contributed by atoms with Gasteiger partial charge in [0.15, 0.2) is 5.11 Å². The molecule has 2 N–H and O–H groups in total. The van der Waals surface area contributed by atoms with Gasteiger partial charge in [0.05, 0.1) is 0 Å². The van der Waals surface area contributed by atoms with Gasteiger partial charge < -0.3 is 10.6 Å². The van der Waals surface area contributed by atoms with Crippen molar-refractivity contribution in [1.82, 2.24) is 10.6 Å². The molecule has 13 heavy (non-hydrogen) atoms. The molecule has 0 bridgehead atoms. The van der Waals surface area contributed by atoms with Gasteiger partial charge in [-0.3, -0.25) is 0 Å². The van der Waals surface area contributed by atoms with Gasteiger partial charge in [-0.25, -0.2) is 0 Å². The molecule has 76 valence electrons. The van der Waals surface area contributed by atoms with Crippen molar-refractivity contribution in [2.75, 3.05) is 0 Å². The minimum absolute atomic E-state index is 0.559. The lowest BCUT2D eigenvalue weighted by Crippen LogP contribution is -2.42. The zero-order valence-corrected chi connectivity index (χ0v) is 9.41. The van der Waals surface area contributed by atoms with Crippen LogP contribution in [0.25, 0.3) is 0 Å². The van der Waals surface area contributed by atoms with E-state index in [1.54, 1.807) is 0 Å². The second-order valence-electron chi connectivity index (χ2n) is 3.79. The summed E-state index contributed by atoms with van der Waals surface area (Å²) in [5.74, 6) is 0. The number of nitrogens with one attached hydrogen (secondary N) is 2. The van der Waals surface area contributed by atoms with Crippen LogP contribution in [0.4, 0.5) is 0 Å². The SMILES string of the molecule is CCCC(CC)NC(=S)NC1CC1. The highest BCUT2D eigenvalue weighted by Gasteiger charge is 2.22. The van der Waals surface area contributed by atoms with Gasteiger partial charge in [-0.15, -0.1) is 0 Å². The zero-order valence-electron chi connectivity index (χ0n) is 8.60. The average molecular weight is 200 g/mol. The molecule has 0 spiro atoms. The van der Waals surface area contributed by atoms with Gasteiger partial charge in [-0.1, -0.05) is 20.3 Å². The van der Waals surface area contributed by atoms with Crippen molar-refractivity contribution in [3.05, 3.63) is 0 Å². The van der Waals surface area contributed by atoms with E-state index in [0.29, 0.717) is 12.1 Å². The van der Waals surface area contributed by atoms with E-state index in [1.165, 1.54) is 25.7 Å². The smallest absolute Gasteiger partial charge is 0.166 e. The first-order chi connectivity index (χ1) is 6.26. The first-order valence-corrected chi connectivity index (χ1v) is 5.74. The first kappa shape index (κ1) is 10.8. The van der Waals surface area contributed by atoms with Crippen molar-refractivity contribution in [1.29, 1.82) is 0 Å². The summed E-state index contributed by atoms with van der Waals surface area (Å²) in [5.41, 5.74) is 0. The van der Waals surface area contributed by atoms with Crippen LogP contribution in [0, 0.1) is 0 Å². The fraction of sp³-hybridized carbons (Fsp3) is 0.900. The van der Waals surface area contributed by atoms with Crippen LogP contribution in [0.3, 0.4) is 0 Å². The Balaban J connectivity index is 2.14. The van der Waals surface area contributed by atoms with Crippen LogP contribution < -0.4 is 10.6 Å². The molecule has 0 aromatic carbocycles. The van der Waals surface area contributed by atoms with Crippen LogP contribution in [0.1, 0.15) is 46.0 Å². The summed E-state index contributed by atoms with van der Waals surface area (Å²) in [4.78, 5) is 0. The lowest BCUT2D eigenvalue weighted by molar-refractivity contribution is 0.532. The number of hydrogen-bond donors (Lipinski definition) is 2. The summed E-state index contributed by atoms with van der Waals surface area (Å²) in [6.07, 6.45) is 6.15. The molecule has 1 fully saturated rings. The Morgan fingerprint density at radius 1 is 1.46 bits per heavy atom. The molecule has 0 heterocycles. The van der Waals surface area contributed by atoms with Gasteiger partial charge in [0.2, 0.25) is 0 Å². The molecule has 1 aliphatic carbocycles. The maximum atomic E-state index is 5.20. The Labute approximate surface area is 86.5 Å². The van der Waals surface area contributed by atoms with Crippen molar-refractivity contribution < 1.29 is 0 Å². The Bertz CT molecular complexity index is 166. The van der Waals surface area contributed by atoms with E-state index < -0.39 is 0 Å². The third-order valence-electron chi connectivity index (χ3n) is 2.38. The van der Waals surface area contributed by atoms with Gasteiger partial charge in [0, 0.05) is 12.1 Å². The molecule has 0 aromatic rings. The number of rotatable bonds is 5. The Morgan fingerprint density at radius 3 is 2.62 bits per heavy atom. The minimum atomic E-state index is 0.559.